The molecule has 0 radical (unpaired) electrons. The largest absolute Gasteiger partial charge is 0.489 e. The predicted octanol–water partition coefficient (Wildman–Crippen LogP) is 6.41. The van der Waals surface area contributed by atoms with Gasteiger partial charge in [-0.2, -0.15) is 0 Å². The molecule has 3 aromatic carbocycles. The Bertz CT molecular complexity index is 876. The summed E-state index contributed by atoms with van der Waals surface area (Å²) in [4.78, 5) is 0. The average Bonchev–Trinajstić information content (AvgIpc) is 2.64. The molecule has 128 valence electrons. The molecule has 0 bridgehead atoms. The molecule has 0 N–H and O–H groups in total. The summed E-state index contributed by atoms with van der Waals surface area (Å²) in [7, 11) is 0. The maximum atomic E-state index is 13.5. The van der Waals surface area contributed by atoms with Crippen LogP contribution in [0.3, 0.4) is 0 Å². The fourth-order valence-corrected chi connectivity index (χ4v) is 3.01. The van der Waals surface area contributed by atoms with Crippen LogP contribution >= 0.6 is 15.9 Å². The van der Waals surface area contributed by atoms with Gasteiger partial charge in [0.2, 0.25) is 0 Å². The molecule has 0 aliphatic carbocycles. The molecule has 3 rings (SSSR count). The number of benzene rings is 3. The summed E-state index contributed by atoms with van der Waals surface area (Å²) >= 11 is 3.44. The highest BCUT2D eigenvalue weighted by Gasteiger charge is 2.09. The molecule has 0 atom stereocenters. The van der Waals surface area contributed by atoms with Gasteiger partial charge in [0, 0.05) is 5.33 Å². The highest BCUT2D eigenvalue weighted by molar-refractivity contribution is 9.08. The Morgan fingerprint density at radius 1 is 0.880 bits per heavy atom. The van der Waals surface area contributed by atoms with Gasteiger partial charge in [-0.05, 0) is 59.0 Å². The normalized spacial score (nSPS) is 10.7. The van der Waals surface area contributed by atoms with E-state index >= 15 is 0 Å². The summed E-state index contributed by atoms with van der Waals surface area (Å²) in [6, 6.07) is 18.0. The number of alkyl halides is 1. The number of ether oxygens (including phenoxy) is 1. The van der Waals surface area contributed by atoms with E-state index in [1.54, 1.807) is 6.92 Å². The molecule has 4 heteroatoms. The molecule has 0 fully saturated rings. The van der Waals surface area contributed by atoms with Gasteiger partial charge in [-0.1, -0.05) is 52.3 Å². The summed E-state index contributed by atoms with van der Waals surface area (Å²) in [5.41, 5.74) is 4.49. The second kappa shape index (κ2) is 7.79. The lowest BCUT2D eigenvalue weighted by Gasteiger charge is -2.10. The molecule has 0 heterocycles. The average molecular weight is 403 g/mol. The highest BCUT2D eigenvalue weighted by Crippen LogP contribution is 2.27. The van der Waals surface area contributed by atoms with Crippen molar-refractivity contribution in [1.82, 2.24) is 0 Å². The van der Waals surface area contributed by atoms with Crippen molar-refractivity contribution >= 4 is 15.9 Å². The van der Waals surface area contributed by atoms with E-state index in [9.17, 15) is 8.78 Å². The van der Waals surface area contributed by atoms with E-state index in [0.717, 1.165) is 22.2 Å². The number of rotatable bonds is 5. The molecule has 25 heavy (non-hydrogen) atoms. The minimum atomic E-state index is -0.840. The number of aryl methyl sites for hydroxylation is 1. The van der Waals surface area contributed by atoms with E-state index in [4.69, 9.17) is 4.74 Å². The molecular weight excluding hydrogens is 386 g/mol. The summed E-state index contributed by atoms with van der Waals surface area (Å²) in [5.74, 6) is -0.937. The standard InChI is InChI=1S/C21H17BrF2O/c1-14-9-20(23)21(24)11-19(14)17-5-7-18(8-6-17)25-13-16-4-2-3-15(10-16)12-22/h2-11H,12-13H2,1H3. The van der Waals surface area contributed by atoms with E-state index in [1.807, 2.05) is 36.4 Å². The lowest BCUT2D eigenvalue weighted by molar-refractivity contribution is 0.306. The Balaban J connectivity index is 1.73. The molecule has 3 aromatic rings. The van der Waals surface area contributed by atoms with Crippen LogP contribution in [0.2, 0.25) is 0 Å². The van der Waals surface area contributed by atoms with E-state index in [2.05, 4.69) is 28.1 Å². The Kier molecular flexibility index (Phi) is 5.49. The first-order valence-corrected chi connectivity index (χ1v) is 9.01. The van der Waals surface area contributed by atoms with Crippen molar-refractivity contribution in [2.24, 2.45) is 0 Å². The van der Waals surface area contributed by atoms with Gasteiger partial charge < -0.3 is 4.74 Å². The summed E-state index contributed by atoms with van der Waals surface area (Å²) < 4.78 is 32.6. The van der Waals surface area contributed by atoms with Crippen molar-refractivity contribution in [2.75, 3.05) is 0 Å². The number of hydrogen-bond donors (Lipinski definition) is 0. The van der Waals surface area contributed by atoms with Crippen molar-refractivity contribution in [1.29, 1.82) is 0 Å². The van der Waals surface area contributed by atoms with Crippen LogP contribution in [0.1, 0.15) is 16.7 Å². The molecule has 0 spiro atoms. The molecular formula is C21H17BrF2O. The van der Waals surface area contributed by atoms with E-state index in [-0.39, 0.29) is 0 Å². The Labute approximate surface area is 154 Å². The molecule has 1 nitrogen and oxygen atoms in total. The zero-order valence-corrected chi connectivity index (χ0v) is 15.3. The summed E-state index contributed by atoms with van der Waals surface area (Å²) in [6.45, 7) is 2.24. The van der Waals surface area contributed by atoms with Crippen molar-refractivity contribution in [3.63, 3.8) is 0 Å². The smallest absolute Gasteiger partial charge is 0.159 e. The van der Waals surface area contributed by atoms with Crippen molar-refractivity contribution < 1.29 is 13.5 Å². The van der Waals surface area contributed by atoms with Crippen LogP contribution in [0.5, 0.6) is 5.75 Å². The third-order valence-electron chi connectivity index (χ3n) is 3.98. The molecule has 0 amide bonds. The van der Waals surface area contributed by atoms with Crippen molar-refractivity contribution in [3.05, 3.63) is 89.0 Å². The third-order valence-corrected chi connectivity index (χ3v) is 4.63. The van der Waals surface area contributed by atoms with Gasteiger partial charge in [0.1, 0.15) is 12.4 Å². The van der Waals surface area contributed by atoms with Gasteiger partial charge in [0.15, 0.2) is 11.6 Å². The van der Waals surface area contributed by atoms with Crippen LogP contribution in [0, 0.1) is 18.6 Å². The zero-order valence-electron chi connectivity index (χ0n) is 13.7. The van der Waals surface area contributed by atoms with Gasteiger partial charge in [0.05, 0.1) is 0 Å². The van der Waals surface area contributed by atoms with Gasteiger partial charge >= 0.3 is 0 Å². The van der Waals surface area contributed by atoms with Gasteiger partial charge in [-0.15, -0.1) is 0 Å². The molecule has 0 saturated carbocycles. The van der Waals surface area contributed by atoms with Crippen molar-refractivity contribution in [2.45, 2.75) is 18.9 Å². The molecule has 0 aromatic heterocycles. The second-order valence-corrected chi connectivity index (χ2v) is 6.41. The van der Waals surface area contributed by atoms with E-state index < -0.39 is 11.6 Å². The SMILES string of the molecule is Cc1cc(F)c(F)cc1-c1ccc(OCc2cccc(CBr)c2)cc1. The van der Waals surface area contributed by atoms with Gasteiger partial charge in [-0.3, -0.25) is 0 Å². The first kappa shape index (κ1) is 17.6. The topological polar surface area (TPSA) is 9.23 Å². The number of halogens is 3. The van der Waals surface area contributed by atoms with Crippen LogP contribution in [0.4, 0.5) is 8.78 Å². The predicted molar refractivity (Wildman–Crippen MR) is 99.9 cm³/mol. The lowest BCUT2D eigenvalue weighted by Crippen LogP contribution is -1.96. The van der Waals surface area contributed by atoms with Crippen LogP contribution < -0.4 is 4.74 Å². The maximum absolute atomic E-state index is 13.5. The van der Waals surface area contributed by atoms with Crippen LogP contribution in [-0.4, -0.2) is 0 Å². The Morgan fingerprint density at radius 3 is 2.28 bits per heavy atom. The lowest BCUT2D eigenvalue weighted by atomic mass is 10.0. The zero-order chi connectivity index (χ0) is 17.8. The molecule has 0 aliphatic heterocycles. The molecule has 0 saturated heterocycles. The summed E-state index contributed by atoms with van der Waals surface area (Å²) in [5, 5.41) is 0.809. The maximum Gasteiger partial charge on any atom is 0.159 e. The molecule has 0 unspecified atom stereocenters. The van der Waals surface area contributed by atoms with Crippen LogP contribution in [0.15, 0.2) is 60.7 Å². The molecule has 0 aliphatic rings. The Hall–Kier alpha value is -2.20. The third kappa shape index (κ3) is 4.26. The van der Waals surface area contributed by atoms with E-state index in [0.29, 0.717) is 17.7 Å². The summed E-state index contributed by atoms with van der Waals surface area (Å²) in [6.07, 6.45) is 0. The first-order chi connectivity index (χ1) is 12.1. The van der Waals surface area contributed by atoms with E-state index in [1.165, 1.54) is 17.7 Å². The monoisotopic (exact) mass is 402 g/mol. The fraction of sp³-hybridized carbons (Fsp3) is 0.143. The minimum absolute atomic E-state index is 0.477. The second-order valence-electron chi connectivity index (χ2n) is 5.85. The Morgan fingerprint density at radius 2 is 1.56 bits per heavy atom. The van der Waals surface area contributed by atoms with Gasteiger partial charge in [-0.25, -0.2) is 8.78 Å². The van der Waals surface area contributed by atoms with Crippen LogP contribution in [0.25, 0.3) is 11.1 Å². The quantitative estimate of drug-likeness (QED) is 0.447. The first-order valence-electron chi connectivity index (χ1n) is 7.89. The highest BCUT2D eigenvalue weighted by atomic mass is 79.9. The fourth-order valence-electron chi connectivity index (χ4n) is 2.66. The van der Waals surface area contributed by atoms with Gasteiger partial charge in [0.25, 0.3) is 0 Å². The van der Waals surface area contributed by atoms with Crippen LogP contribution in [-0.2, 0) is 11.9 Å². The minimum Gasteiger partial charge on any atom is -0.489 e. The number of hydrogen-bond acceptors (Lipinski definition) is 1. The van der Waals surface area contributed by atoms with Crippen molar-refractivity contribution in [3.8, 4) is 16.9 Å².